The number of rotatable bonds is 6. The first kappa shape index (κ1) is 23.6. The Morgan fingerprint density at radius 3 is 2.41 bits per heavy atom. The van der Waals surface area contributed by atoms with Crippen molar-refractivity contribution in [3.05, 3.63) is 100 Å². The first-order valence-electron chi connectivity index (χ1n) is 9.56. The van der Waals surface area contributed by atoms with Crippen molar-refractivity contribution >= 4 is 85.8 Å². The molecule has 8 heteroatoms. The zero-order valence-corrected chi connectivity index (χ0v) is 22.4. The van der Waals surface area contributed by atoms with Gasteiger partial charge in [-0.2, -0.15) is 0 Å². The standard InChI is InChI=1S/C24H16ClI2NO3S/c25-18-8-6-15(7-9-18)13-28-23(29)21(32-24(28)30)11-17-10-19(26)12-20(27)22(17)31-14-16-4-2-1-3-5-16/h1-12H,13-14H2/b21-11+. The first-order chi connectivity index (χ1) is 15.4. The van der Waals surface area contributed by atoms with E-state index in [9.17, 15) is 9.59 Å². The van der Waals surface area contributed by atoms with Gasteiger partial charge in [0.15, 0.2) is 0 Å². The van der Waals surface area contributed by atoms with E-state index in [2.05, 4.69) is 45.2 Å². The van der Waals surface area contributed by atoms with Crippen LogP contribution in [-0.2, 0) is 17.9 Å². The number of benzene rings is 3. The smallest absolute Gasteiger partial charge is 0.293 e. The molecule has 1 fully saturated rings. The van der Waals surface area contributed by atoms with Crippen molar-refractivity contribution in [1.82, 2.24) is 4.90 Å². The van der Waals surface area contributed by atoms with E-state index in [1.165, 1.54) is 4.90 Å². The van der Waals surface area contributed by atoms with Crippen molar-refractivity contribution in [2.45, 2.75) is 13.2 Å². The predicted octanol–water partition coefficient (Wildman–Crippen LogP) is 7.36. The van der Waals surface area contributed by atoms with Gasteiger partial charge in [-0.3, -0.25) is 14.5 Å². The molecule has 3 aromatic carbocycles. The lowest BCUT2D eigenvalue weighted by molar-refractivity contribution is -0.123. The Kier molecular flexibility index (Phi) is 7.80. The maximum atomic E-state index is 13.0. The highest BCUT2D eigenvalue weighted by molar-refractivity contribution is 14.1. The number of imide groups is 1. The molecule has 1 saturated heterocycles. The Hall–Kier alpha value is -1.56. The third-order valence-corrected chi connectivity index (χ3v) is 7.26. The van der Waals surface area contributed by atoms with Crippen molar-refractivity contribution in [2.24, 2.45) is 0 Å². The second-order valence-electron chi connectivity index (χ2n) is 6.97. The number of amides is 2. The monoisotopic (exact) mass is 687 g/mol. The fourth-order valence-corrected chi connectivity index (χ4v) is 6.12. The van der Waals surface area contributed by atoms with Gasteiger partial charge in [0.05, 0.1) is 15.0 Å². The Balaban J connectivity index is 1.59. The molecule has 162 valence electrons. The lowest BCUT2D eigenvalue weighted by atomic mass is 10.1. The van der Waals surface area contributed by atoms with Crippen LogP contribution in [0.3, 0.4) is 0 Å². The highest BCUT2D eigenvalue weighted by Gasteiger charge is 2.35. The van der Waals surface area contributed by atoms with E-state index in [4.69, 9.17) is 16.3 Å². The van der Waals surface area contributed by atoms with Gasteiger partial charge in [0.1, 0.15) is 12.4 Å². The summed E-state index contributed by atoms with van der Waals surface area (Å²) in [5, 5.41) is 0.322. The van der Waals surface area contributed by atoms with Gasteiger partial charge in [0.2, 0.25) is 0 Å². The summed E-state index contributed by atoms with van der Waals surface area (Å²) in [6.45, 7) is 0.622. The van der Waals surface area contributed by atoms with Gasteiger partial charge in [0, 0.05) is 14.2 Å². The number of hydrogen-bond donors (Lipinski definition) is 0. The van der Waals surface area contributed by atoms with Crippen LogP contribution in [0.2, 0.25) is 5.02 Å². The van der Waals surface area contributed by atoms with Gasteiger partial charge in [-0.1, -0.05) is 54.1 Å². The predicted molar refractivity (Wildman–Crippen MR) is 146 cm³/mol. The average molecular weight is 688 g/mol. The molecule has 1 aliphatic heterocycles. The molecule has 0 aliphatic carbocycles. The fraction of sp³-hybridized carbons (Fsp3) is 0.0833. The number of hydrogen-bond acceptors (Lipinski definition) is 4. The molecule has 0 N–H and O–H groups in total. The molecule has 0 saturated carbocycles. The van der Waals surface area contributed by atoms with E-state index >= 15 is 0 Å². The van der Waals surface area contributed by atoms with E-state index < -0.39 is 0 Å². The van der Waals surface area contributed by atoms with E-state index in [1.54, 1.807) is 18.2 Å². The Bertz CT molecular complexity index is 1200. The van der Waals surface area contributed by atoms with Gasteiger partial charge in [0.25, 0.3) is 11.1 Å². The van der Waals surface area contributed by atoms with Gasteiger partial charge < -0.3 is 4.74 Å². The molecule has 1 heterocycles. The van der Waals surface area contributed by atoms with Crippen molar-refractivity contribution in [1.29, 1.82) is 0 Å². The summed E-state index contributed by atoms with van der Waals surface area (Å²) in [4.78, 5) is 27.2. The molecule has 4 rings (SSSR count). The molecule has 4 nitrogen and oxygen atoms in total. The molecule has 0 unspecified atom stereocenters. The first-order valence-corrected chi connectivity index (χ1v) is 12.9. The highest BCUT2D eigenvalue weighted by Crippen LogP contribution is 2.37. The van der Waals surface area contributed by atoms with Crippen LogP contribution in [0.1, 0.15) is 16.7 Å². The van der Waals surface area contributed by atoms with Crippen LogP contribution >= 0.6 is 68.5 Å². The van der Waals surface area contributed by atoms with Gasteiger partial charge in [-0.05, 0) is 98.4 Å². The largest absolute Gasteiger partial charge is 0.487 e. The third kappa shape index (κ3) is 5.67. The van der Waals surface area contributed by atoms with Crippen LogP contribution in [0.15, 0.2) is 71.6 Å². The zero-order chi connectivity index (χ0) is 22.7. The normalized spacial score (nSPS) is 15.0. The quantitative estimate of drug-likeness (QED) is 0.201. The molecular formula is C24H16ClI2NO3S. The van der Waals surface area contributed by atoms with Crippen molar-refractivity contribution in [3.8, 4) is 5.75 Å². The molecule has 0 atom stereocenters. The SMILES string of the molecule is O=C1S/C(=C/c2cc(I)cc(I)c2OCc2ccccc2)C(=O)N1Cc1ccc(Cl)cc1. The minimum absolute atomic E-state index is 0.209. The second kappa shape index (κ2) is 10.6. The van der Waals surface area contributed by atoms with Crippen molar-refractivity contribution in [3.63, 3.8) is 0 Å². The molecular weight excluding hydrogens is 672 g/mol. The Labute approximate surface area is 222 Å². The van der Waals surface area contributed by atoms with Crippen LogP contribution in [0.4, 0.5) is 4.79 Å². The van der Waals surface area contributed by atoms with E-state index in [0.717, 1.165) is 35.6 Å². The minimum Gasteiger partial charge on any atom is -0.487 e. The van der Waals surface area contributed by atoms with Gasteiger partial charge in [-0.25, -0.2) is 0 Å². The number of nitrogens with zero attached hydrogens (tertiary/aromatic N) is 1. The molecule has 0 radical (unpaired) electrons. The summed E-state index contributed by atoms with van der Waals surface area (Å²) in [6.07, 6.45) is 1.75. The lowest BCUT2D eigenvalue weighted by Crippen LogP contribution is -2.27. The molecule has 3 aromatic rings. The van der Waals surface area contributed by atoms with Crippen LogP contribution in [-0.4, -0.2) is 16.0 Å². The number of ether oxygens (including phenoxy) is 1. The molecule has 0 aromatic heterocycles. The summed E-state index contributed by atoms with van der Waals surface area (Å²) >= 11 is 11.3. The maximum absolute atomic E-state index is 13.0. The summed E-state index contributed by atoms with van der Waals surface area (Å²) in [5.41, 5.74) is 2.67. The van der Waals surface area contributed by atoms with Gasteiger partial charge in [-0.15, -0.1) is 0 Å². The number of carbonyl (C=O) groups excluding carboxylic acids is 2. The molecule has 0 bridgehead atoms. The van der Waals surface area contributed by atoms with Crippen LogP contribution in [0, 0.1) is 7.14 Å². The lowest BCUT2D eigenvalue weighted by Gasteiger charge is -2.13. The zero-order valence-electron chi connectivity index (χ0n) is 16.6. The van der Waals surface area contributed by atoms with Crippen LogP contribution < -0.4 is 4.74 Å². The topological polar surface area (TPSA) is 46.6 Å². The number of thioether (sulfide) groups is 1. The second-order valence-corrected chi connectivity index (χ2v) is 10.8. The molecule has 0 spiro atoms. The molecule has 32 heavy (non-hydrogen) atoms. The third-order valence-electron chi connectivity index (χ3n) is 4.68. The van der Waals surface area contributed by atoms with Crippen molar-refractivity contribution < 1.29 is 14.3 Å². The molecule has 2 amide bonds. The summed E-state index contributed by atoms with van der Waals surface area (Å²) in [5.74, 6) is 0.386. The average Bonchev–Trinajstić information content (AvgIpc) is 3.02. The van der Waals surface area contributed by atoms with E-state index in [1.807, 2.05) is 54.6 Å². The van der Waals surface area contributed by atoms with E-state index in [0.29, 0.717) is 22.3 Å². The Morgan fingerprint density at radius 1 is 0.969 bits per heavy atom. The number of halogens is 3. The van der Waals surface area contributed by atoms with Crippen molar-refractivity contribution in [2.75, 3.05) is 0 Å². The molecule has 1 aliphatic rings. The summed E-state index contributed by atoms with van der Waals surface area (Å²) < 4.78 is 8.09. The van der Waals surface area contributed by atoms with Crippen LogP contribution in [0.25, 0.3) is 6.08 Å². The highest BCUT2D eigenvalue weighted by atomic mass is 127. The maximum Gasteiger partial charge on any atom is 0.293 e. The fourth-order valence-electron chi connectivity index (χ4n) is 3.12. The van der Waals surface area contributed by atoms with E-state index in [-0.39, 0.29) is 17.7 Å². The summed E-state index contributed by atoms with van der Waals surface area (Å²) in [6, 6.07) is 21.0. The minimum atomic E-state index is -0.308. The van der Waals surface area contributed by atoms with Gasteiger partial charge >= 0.3 is 0 Å². The number of carbonyl (C=O) groups is 2. The Morgan fingerprint density at radius 2 is 1.69 bits per heavy atom. The van der Waals surface area contributed by atoms with Crippen LogP contribution in [0.5, 0.6) is 5.75 Å². The summed E-state index contributed by atoms with van der Waals surface area (Å²) in [7, 11) is 0.